The number of aryl methyl sites for hydroxylation is 1. The van der Waals surface area contributed by atoms with Crippen molar-refractivity contribution >= 4 is 17.3 Å². The highest BCUT2D eigenvalue weighted by molar-refractivity contribution is 5.90. The molecule has 1 N–H and O–H groups in total. The van der Waals surface area contributed by atoms with Crippen molar-refractivity contribution in [1.82, 2.24) is 14.7 Å². The second-order valence-corrected chi connectivity index (χ2v) is 6.43. The zero-order valence-electron chi connectivity index (χ0n) is 15.7. The maximum Gasteiger partial charge on any atom is 0.350 e. The Balaban J connectivity index is 1.53. The number of hydrogen-bond acceptors (Lipinski definition) is 7. The summed E-state index contributed by atoms with van der Waals surface area (Å²) in [4.78, 5) is 24.9. The normalized spacial score (nSPS) is 14.6. The molecule has 2 heterocycles. The van der Waals surface area contributed by atoms with Crippen molar-refractivity contribution in [2.24, 2.45) is 0 Å². The van der Waals surface area contributed by atoms with Gasteiger partial charge < -0.3 is 14.8 Å². The summed E-state index contributed by atoms with van der Waals surface area (Å²) in [5.41, 5.74) is 1.62. The lowest BCUT2D eigenvalue weighted by atomic mass is 10.1. The van der Waals surface area contributed by atoms with Crippen LogP contribution < -0.4 is 10.1 Å². The molecule has 1 fully saturated rings. The van der Waals surface area contributed by atoms with Crippen molar-refractivity contribution in [2.45, 2.75) is 19.5 Å². The Bertz CT molecular complexity index is 832. The molecule has 2 aromatic rings. The van der Waals surface area contributed by atoms with Crippen LogP contribution in [0.2, 0.25) is 0 Å². The number of carbonyl (C=O) groups excluding carboxylic acids is 1. The number of anilines is 1. The van der Waals surface area contributed by atoms with Gasteiger partial charge in [-0.2, -0.15) is 0 Å². The zero-order valence-corrected chi connectivity index (χ0v) is 15.7. The van der Waals surface area contributed by atoms with Crippen LogP contribution in [0.15, 0.2) is 30.5 Å². The molecule has 3 rings (SSSR count). The fraction of sp³-hybridized carbons (Fsp3) is 0.444. The van der Waals surface area contributed by atoms with E-state index >= 15 is 0 Å². The predicted octanol–water partition coefficient (Wildman–Crippen LogP) is 1.66. The molecule has 1 aliphatic rings. The smallest absolute Gasteiger partial charge is 0.350 e. The lowest BCUT2D eigenvalue weighted by Crippen LogP contribution is -2.35. The lowest BCUT2D eigenvalue weighted by molar-refractivity contribution is -0.385. The van der Waals surface area contributed by atoms with Gasteiger partial charge in [-0.05, 0) is 17.7 Å². The average Bonchev–Trinajstić information content (AvgIpc) is 3.11. The number of rotatable bonds is 8. The average molecular weight is 389 g/mol. The second-order valence-electron chi connectivity index (χ2n) is 6.43. The molecule has 0 bridgehead atoms. The number of hydrogen-bond donors (Lipinski definition) is 1. The van der Waals surface area contributed by atoms with Gasteiger partial charge in [0.15, 0.2) is 0 Å². The molecule has 1 aromatic carbocycles. The minimum atomic E-state index is -0.567. The fourth-order valence-electron chi connectivity index (χ4n) is 2.98. The summed E-state index contributed by atoms with van der Waals surface area (Å²) >= 11 is 0. The molecule has 1 aliphatic heterocycles. The van der Waals surface area contributed by atoms with Crippen molar-refractivity contribution in [3.05, 3.63) is 46.1 Å². The van der Waals surface area contributed by atoms with Crippen molar-refractivity contribution in [1.29, 1.82) is 0 Å². The summed E-state index contributed by atoms with van der Waals surface area (Å²) in [5.74, 6) is -0.262. The first-order valence-corrected chi connectivity index (χ1v) is 9.00. The van der Waals surface area contributed by atoms with Crippen LogP contribution in [0.4, 0.5) is 11.4 Å². The summed E-state index contributed by atoms with van der Waals surface area (Å²) in [7, 11) is 1.32. The van der Waals surface area contributed by atoms with Crippen molar-refractivity contribution in [2.75, 3.05) is 38.7 Å². The monoisotopic (exact) mass is 389 g/mol. The van der Waals surface area contributed by atoms with Crippen LogP contribution in [0.1, 0.15) is 12.0 Å². The number of aromatic nitrogens is 2. The minimum Gasteiger partial charge on any atom is -0.475 e. The minimum absolute atomic E-state index is 0.0683. The van der Waals surface area contributed by atoms with Crippen molar-refractivity contribution in [3.8, 4) is 5.88 Å². The lowest BCUT2D eigenvalue weighted by Gasteiger charge is -2.26. The Morgan fingerprint density at radius 2 is 2.18 bits per heavy atom. The van der Waals surface area contributed by atoms with Crippen molar-refractivity contribution in [3.63, 3.8) is 0 Å². The van der Waals surface area contributed by atoms with Gasteiger partial charge >= 0.3 is 11.6 Å². The first-order chi connectivity index (χ1) is 13.5. The Hall–Kier alpha value is -2.98. The Morgan fingerprint density at radius 1 is 1.39 bits per heavy atom. The van der Waals surface area contributed by atoms with E-state index in [1.807, 2.05) is 24.3 Å². The molecule has 10 nitrogen and oxygen atoms in total. The molecule has 10 heteroatoms. The number of nitrogens with one attached hydrogen (secondary N) is 1. The quantitative estimate of drug-likeness (QED) is 0.540. The van der Waals surface area contributed by atoms with Crippen LogP contribution in [-0.4, -0.2) is 58.9 Å². The molecule has 0 spiro atoms. The number of ether oxygens (including phenoxy) is 2. The van der Waals surface area contributed by atoms with Gasteiger partial charge in [-0.15, -0.1) is 5.10 Å². The highest BCUT2D eigenvalue weighted by atomic mass is 16.6. The van der Waals surface area contributed by atoms with Gasteiger partial charge in [0.05, 0.1) is 31.8 Å². The maximum absolute atomic E-state index is 12.2. The van der Waals surface area contributed by atoms with Crippen LogP contribution in [0, 0.1) is 10.1 Å². The largest absolute Gasteiger partial charge is 0.475 e. The fourth-order valence-corrected chi connectivity index (χ4v) is 2.98. The van der Waals surface area contributed by atoms with Gasteiger partial charge in [0.25, 0.3) is 0 Å². The molecule has 0 saturated carbocycles. The molecule has 1 aromatic heterocycles. The highest BCUT2D eigenvalue weighted by Crippen LogP contribution is 2.24. The molecule has 1 saturated heterocycles. The SMILES string of the molecule is COc1nn(CCC(=O)Nc2cccc(CN3CCOCC3)c2)cc1[N+](=O)[O-]. The van der Waals surface area contributed by atoms with Gasteiger partial charge in [0.1, 0.15) is 6.20 Å². The highest BCUT2D eigenvalue weighted by Gasteiger charge is 2.20. The maximum atomic E-state index is 12.2. The summed E-state index contributed by atoms with van der Waals surface area (Å²) in [6, 6.07) is 7.73. The number of nitrogens with zero attached hydrogens (tertiary/aromatic N) is 4. The molecule has 0 aliphatic carbocycles. The standard InChI is InChI=1S/C18H23N5O5/c1-27-18-16(23(25)26)13-22(20-18)6-5-17(24)19-15-4-2-3-14(11-15)12-21-7-9-28-10-8-21/h2-4,11,13H,5-10,12H2,1H3,(H,19,24). The molecule has 1 amide bonds. The van der Waals surface area contributed by atoms with Crippen LogP contribution >= 0.6 is 0 Å². The van der Waals surface area contributed by atoms with E-state index < -0.39 is 4.92 Å². The Kier molecular flexibility index (Phi) is 6.56. The van der Waals surface area contributed by atoms with E-state index in [2.05, 4.69) is 15.3 Å². The molecular formula is C18H23N5O5. The number of nitro groups is 1. The molecule has 150 valence electrons. The van der Waals surface area contributed by atoms with Gasteiger partial charge in [-0.1, -0.05) is 12.1 Å². The summed E-state index contributed by atoms with van der Waals surface area (Å²) in [6.45, 7) is 4.30. The molecule has 0 unspecified atom stereocenters. The number of amides is 1. The van der Waals surface area contributed by atoms with E-state index in [4.69, 9.17) is 9.47 Å². The van der Waals surface area contributed by atoms with E-state index in [0.717, 1.165) is 44.1 Å². The predicted molar refractivity (Wildman–Crippen MR) is 101 cm³/mol. The van der Waals surface area contributed by atoms with E-state index in [-0.39, 0.29) is 30.4 Å². The molecule has 0 atom stereocenters. The van der Waals surface area contributed by atoms with Gasteiger partial charge in [-0.25, -0.2) is 0 Å². The van der Waals surface area contributed by atoms with E-state index in [1.165, 1.54) is 18.0 Å². The molecule has 28 heavy (non-hydrogen) atoms. The van der Waals surface area contributed by atoms with Crippen LogP contribution in [0.25, 0.3) is 0 Å². The topological polar surface area (TPSA) is 112 Å². The Labute approximate surface area is 162 Å². The third-order valence-electron chi connectivity index (χ3n) is 4.39. The summed E-state index contributed by atoms with van der Waals surface area (Å²) in [5, 5.41) is 17.8. The number of methoxy groups -OCH3 is 1. The molecule has 0 radical (unpaired) electrons. The number of morpholine rings is 1. The summed E-state index contributed by atoms with van der Waals surface area (Å²) in [6.07, 6.45) is 1.39. The molecular weight excluding hydrogens is 366 g/mol. The third kappa shape index (κ3) is 5.27. The van der Waals surface area contributed by atoms with Gasteiger partial charge in [-0.3, -0.25) is 24.5 Å². The summed E-state index contributed by atoms with van der Waals surface area (Å²) < 4.78 is 11.6. The number of carbonyl (C=O) groups is 1. The first-order valence-electron chi connectivity index (χ1n) is 9.00. The van der Waals surface area contributed by atoms with Crippen LogP contribution in [0.5, 0.6) is 5.88 Å². The first kappa shape index (κ1) is 19.8. The van der Waals surface area contributed by atoms with E-state index in [0.29, 0.717) is 0 Å². The second kappa shape index (κ2) is 9.29. The third-order valence-corrected chi connectivity index (χ3v) is 4.39. The number of benzene rings is 1. The van der Waals surface area contributed by atoms with E-state index in [1.54, 1.807) is 0 Å². The van der Waals surface area contributed by atoms with Crippen LogP contribution in [0.3, 0.4) is 0 Å². The van der Waals surface area contributed by atoms with E-state index in [9.17, 15) is 14.9 Å². The zero-order chi connectivity index (χ0) is 19.9. The van der Waals surface area contributed by atoms with Crippen LogP contribution in [-0.2, 0) is 22.6 Å². The Morgan fingerprint density at radius 3 is 2.86 bits per heavy atom. The van der Waals surface area contributed by atoms with Gasteiger partial charge in [0.2, 0.25) is 5.91 Å². The van der Waals surface area contributed by atoms with Crippen molar-refractivity contribution < 1.29 is 19.2 Å². The van der Waals surface area contributed by atoms with Gasteiger partial charge in [0, 0.05) is 31.7 Å².